The highest BCUT2D eigenvalue weighted by Gasteiger charge is 2.28. The van der Waals surface area contributed by atoms with E-state index in [-0.39, 0.29) is 17.7 Å². The highest BCUT2D eigenvalue weighted by molar-refractivity contribution is 5.88. The Labute approximate surface area is 157 Å². The summed E-state index contributed by atoms with van der Waals surface area (Å²) in [5.74, 6) is -0.283. The Morgan fingerprint density at radius 2 is 1.65 bits per heavy atom. The zero-order valence-corrected chi connectivity index (χ0v) is 16.9. The van der Waals surface area contributed by atoms with Crippen LogP contribution in [0.5, 0.6) is 0 Å². The van der Waals surface area contributed by atoms with Crippen LogP contribution in [0.15, 0.2) is 59.3 Å². The molecule has 0 atom stereocenters. The van der Waals surface area contributed by atoms with Crippen LogP contribution in [0.4, 0.5) is 0 Å². The van der Waals surface area contributed by atoms with Crippen LogP contribution >= 0.6 is 0 Å². The summed E-state index contributed by atoms with van der Waals surface area (Å²) in [6.07, 6.45) is 13.2. The molecule has 0 aromatic heterocycles. The molecule has 1 heterocycles. The predicted octanol–water partition coefficient (Wildman–Crippen LogP) is 4.90. The van der Waals surface area contributed by atoms with E-state index < -0.39 is 0 Å². The fourth-order valence-corrected chi connectivity index (χ4v) is 2.16. The summed E-state index contributed by atoms with van der Waals surface area (Å²) in [6.45, 7) is 13.6. The lowest BCUT2D eigenvalue weighted by molar-refractivity contribution is -0.202. The lowest BCUT2D eigenvalue weighted by atomic mass is 9.95. The molecule has 0 unspecified atom stereocenters. The van der Waals surface area contributed by atoms with Gasteiger partial charge < -0.3 is 14.2 Å². The van der Waals surface area contributed by atoms with Crippen molar-refractivity contribution in [1.82, 2.24) is 0 Å². The SMILES string of the molecule is CCOC(=O)/C(C)=C/C=C/C(C)=C/C=C/C=C(\C)C1OCC(C)(C)CO1. The van der Waals surface area contributed by atoms with Gasteiger partial charge in [-0.05, 0) is 33.3 Å². The van der Waals surface area contributed by atoms with Gasteiger partial charge in [0.05, 0.1) is 19.8 Å². The molecule has 0 radical (unpaired) electrons. The normalized spacial score (nSPS) is 20.2. The van der Waals surface area contributed by atoms with Crippen LogP contribution in [0.3, 0.4) is 0 Å². The molecule has 1 rings (SSSR count). The Bertz CT molecular complexity index is 608. The summed E-state index contributed by atoms with van der Waals surface area (Å²) < 4.78 is 16.4. The van der Waals surface area contributed by atoms with E-state index in [0.717, 1.165) is 11.1 Å². The Morgan fingerprint density at radius 3 is 2.27 bits per heavy atom. The molecular formula is C22H32O4. The molecule has 0 aromatic carbocycles. The van der Waals surface area contributed by atoms with E-state index in [1.165, 1.54) is 0 Å². The molecule has 26 heavy (non-hydrogen) atoms. The summed E-state index contributed by atoms with van der Waals surface area (Å²) in [4.78, 5) is 11.5. The first-order valence-corrected chi connectivity index (χ1v) is 9.02. The first-order valence-electron chi connectivity index (χ1n) is 9.02. The summed E-state index contributed by atoms with van der Waals surface area (Å²) in [6, 6.07) is 0. The zero-order chi connectivity index (χ0) is 19.6. The van der Waals surface area contributed by atoms with E-state index in [4.69, 9.17) is 14.2 Å². The average Bonchev–Trinajstić information content (AvgIpc) is 2.58. The lowest BCUT2D eigenvalue weighted by Gasteiger charge is -2.34. The van der Waals surface area contributed by atoms with Gasteiger partial charge >= 0.3 is 5.97 Å². The number of carbonyl (C=O) groups is 1. The van der Waals surface area contributed by atoms with Gasteiger partial charge in [-0.25, -0.2) is 4.79 Å². The highest BCUT2D eigenvalue weighted by Crippen LogP contribution is 2.25. The van der Waals surface area contributed by atoms with Crippen molar-refractivity contribution in [2.75, 3.05) is 19.8 Å². The maximum absolute atomic E-state index is 11.5. The smallest absolute Gasteiger partial charge is 0.333 e. The largest absolute Gasteiger partial charge is 0.463 e. The summed E-state index contributed by atoms with van der Waals surface area (Å²) in [7, 11) is 0. The molecule has 1 saturated heterocycles. The Morgan fingerprint density at radius 1 is 1.04 bits per heavy atom. The first-order chi connectivity index (χ1) is 12.2. The van der Waals surface area contributed by atoms with Crippen molar-refractivity contribution in [2.24, 2.45) is 5.41 Å². The maximum Gasteiger partial charge on any atom is 0.333 e. The second-order valence-corrected chi connectivity index (χ2v) is 7.25. The quantitative estimate of drug-likeness (QED) is 0.368. The van der Waals surface area contributed by atoms with Crippen molar-refractivity contribution in [1.29, 1.82) is 0 Å². The highest BCUT2D eigenvalue weighted by atomic mass is 16.7. The van der Waals surface area contributed by atoms with Crippen LogP contribution in [0.2, 0.25) is 0 Å². The fourth-order valence-electron chi connectivity index (χ4n) is 2.16. The van der Waals surface area contributed by atoms with Crippen LogP contribution in [0, 0.1) is 5.41 Å². The van der Waals surface area contributed by atoms with Gasteiger partial charge in [0.2, 0.25) is 0 Å². The van der Waals surface area contributed by atoms with E-state index >= 15 is 0 Å². The van der Waals surface area contributed by atoms with E-state index in [1.807, 2.05) is 50.3 Å². The molecule has 1 aliphatic heterocycles. The molecule has 144 valence electrons. The van der Waals surface area contributed by atoms with E-state index in [0.29, 0.717) is 25.4 Å². The number of ether oxygens (including phenoxy) is 3. The third-order valence-corrected chi connectivity index (χ3v) is 3.75. The molecule has 0 saturated carbocycles. The number of esters is 1. The summed E-state index contributed by atoms with van der Waals surface area (Å²) in [5.41, 5.74) is 2.79. The van der Waals surface area contributed by atoms with Gasteiger partial charge in [0.25, 0.3) is 0 Å². The van der Waals surface area contributed by atoms with Crippen LogP contribution in [-0.2, 0) is 19.0 Å². The molecule has 1 aliphatic rings. The molecule has 4 heteroatoms. The third kappa shape index (κ3) is 8.45. The van der Waals surface area contributed by atoms with Crippen LogP contribution in [0.1, 0.15) is 41.5 Å². The number of carbonyl (C=O) groups excluding carboxylic acids is 1. The van der Waals surface area contributed by atoms with Gasteiger partial charge in [0.15, 0.2) is 6.29 Å². The molecule has 0 N–H and O–H groups in total. The molecule has 0 aliphatic carbocycles. The second-order valence-electron chi connectivity index (χ2n) is 7.25. The molecule has 0 spiro atoms. The molecule has 4 nitrogen and oxygen atoms in total. The summed E-state index contributed by atoms with van der Waals surface area (Å²) in [5, 5.41) is 0. The van der Waals surface area contributed by atoms with Gasteiger partial charge in [0, 0.05) is 11.0 Å². The average molecular weight is 360 g/mol. The van der Waals surface area contributed by atoms with Crippen molar-refractivity contribution in [2.45, 2.75) is 47.8 Å². The maximum atomic E-state index is 11.5. The fraction of sp³-hybridized carbons (Fsp3) is 0.500. The van der Waals surface area contributed by atoms with Gasteiger partial charge in [-0.15, -0.1) is 0 Å². The van der Waals surface area contributed by atoms with Gasteiger partial charge in [-0.1, -0.05) is 62.0 Å². The van der Waals surface area contributed by atoms with Crippen LogP contribution in [-0.4, -0.2) is 32.1 Å². The van der Waals surface area contributed by atoms with Crippen molar-refractivity contribution in [3.8, 4) is 0 Å². The lowest BCUT2D eigenvalue weighted by Crippen LogP contribution is -2.38. The standard InChI is InChI=1S/C22H32O4/c1-7-24-20(23)18(3)14-10-12-17(2)11-8-9-13-19(4)21-25-15-22(5,6)16-26-21/h8-14,21H,7,15-16H2,1-6H3/b9-8+,12-10+,17-11+,18-14+,19-13+. The number of hydrogen-bond donors (Lipinski definition) is 0. The number of rotatable bonds is 7. The van der Waals surface area contributed by atoms with Gasteiger partial charge in [-0.3, -0.25) is 0 Å². The van der Waals surface area contributed by atoms with Crippen LogP contribution in [0.25, 0.3) is 0 Å². The molecular weight excluding hydrogens is 328 g/mol. The van der Waals surface area contributed by atoms with E-state index in [2.05, 4.69) is 13.8 Å². The Kier molecular flexibility index (Phi) is 9.31. The van der Waals surface area contributed by atoms with Crippen molar-refractivity contribution in [3.05, 3.63) is 59.3 Å². The molecule has 1 fully saturated rings. The second kappa shape index (κ2) is 10.9. The molecule has 0 amide bonds. The van der Waals surface area contributed by atoms with Crippen molar-refractivity contribution in [3.63, 3.8) is 0 Å². The van der Waals surface area contributed by atoms with Crippen LogP contribution < -0.4 is 0 Å². The monoisotopic (exact) mass is 360 g/mol. The summed E-state index contributed by atoms with van der Waals surface area (Å²) >= 11 is 0. The Balaban J connectivity index is 2.51. The van der Waals surface area contributed by atoms with Gasteiger partial charge in [0.1, 0.15) is 0 Å². The minimum Gasteiger partial charge on any atom is -0.463 e. The van der Waals surface area contributed by atoms with Crippen molar-refractivity contribution >= 4 is 5.97 Å². The predicted molar refractivity (Wildman–Crippen MR) is 106 cm³/mol. The van der Waals surface area contributed by atoms with Crippen molar-refractivity contribution < 1.29 is 19.0 Å². The first kappa shape index (κ1) is 22.1. The van der Waals surface area contributed by atoms with E-state index in [9.17, 15) is 4.79 Å². The number of hydrogen-bond acceptors (Lipinski definition) is 4. The van der Waals surface area contributed by atoms with Gasteiger partial charge in [-0.2, -0.15) is 0 Å². The molecule has 0 aromatic rings. The minimum absolute atomic E-state index is 0.0822. The topological polar surface area (TPSA) is 44.8 Å². The Hall–Kier alpha value is -1.91. The number of allylic oxidation sites excluding steroid dienone is 8. The zero-order valence-electron chi connectivity index (χ0n) is 16.9. The molecule has 0 bridgehead atoms. The third-order valence-electron chi connectivity index (χ3n) is 3.75. The minimum atomic E-state index is -0.283. The van der Waals surface area contributed by atoms with E-state index in [1.54, 1.807) is 19.9 Å².